The fraction of sp³-hybridized carbons (Fsp3) is 1.00. The Morgan fingerprint density at radius 3 is 2.38 bits per heavy atom. The van der Waals surface area contributed by atoms with Gasteiger partial charge in [0.05, 0.1) is 12.2 Å². The summed E-state index contributed by atoms with van der Waals surface area (Å²) in [4.78, 5) is 0. The van der Waals surface area contributed by atoms with Gasteiger partial charge < -0.3 is 15.4 Å². The molecule has 3 nitrogen and oxygen atoms in total. The van der Waals surface area contributed by atoms with E-state index in [1.165, 1.54) is 32.2 Å². The van der Waals surface area contributed by atoms with Gasteiger partial charge in [-0.1, -0.05) is 0 Å². The van der Waals surface area contributed by atoms with Crippen LogP contribution in [0.3, 0.4) is 0 Å². The minimum Gasteiger partial charge on any atom is -0.374 e. The lowest BCUT2D eigenvalue weighted by atomic mass is 10.1. The lowest BCUT2D eigenvalue weighted by molar-refractivity contribution is -0.0356. The molecule has 2 saturated heterocycles. The van der Waals surface area contributed by atoms with Gasteiger partial charge in [-0.2, -0.15) is 0 Å². The van der Waals surface area contributed by atoms with Gasteiger partial charge in [0, 0.05) is 6.54 Å². The molecule has 0 saturated carbocycles. The minimum absolute atomic E-state index is 0.483. The second-order valence-corrected chi connectivity index (χ2v) is 4.05. The zero-order chi connectivity index (χ0) is 8.93. The van der Waals surface area contributed by atoms with Crippen molar-refractivity contribution < 1.29 is 4.74 Å². The van der Waals surface area contributed by atoms with E-state index in [0.717, 1.165) is 19.6 Å². The van der Waals surface area contributed by atoms with Gasteiger partial charge in [0.1, 0.15) is 0 Å². The van der Waals surface area contributed by atoms with Crippen LogP contribution in [-0.2, 0) is 4.74 Å². The summed E-state index contributed by atoms with van der Waals surface area (Å²) in [5.74, 6) is 0. The van der Waals surface area contributed by atoms with Crippen LogP contribution in [0.2, 0.25) is 0 Å². The Kier molecular flexibility index (Phi) is 3.58. The summed E-state index contributed by atoms with van der Waals surface area (Å²) < 4.78 is 6.03. The largest absolute Gasteiger partial charge is 0.374 e. The van der Waals surface area contributed by atoms with Crippen LogP contribution < -0.4 is 10.6 Å². The average Bonchev–Trinajstić information content (AvgIpc) is 2.21. The van der Waals surface area contributed by atoms with Crippen molar-refractivity contribution in [3.05, 3.63) is 0 Å². The first-order valence-electron chi connectivity index (χ1n) is 5.52. The van der Waals surface area contributed by atoms with E-state index in [0.29, 0.717) is 12.2 Å². The Morgan fingerprint density at radius 1 is 0.846 bits per heavy atom. The highest BCUT2D eigenvalue weighted by Gasteiger charge is 2.20. The molecule has 2 aliphatic rings. The molecule has 2 fully saturated rings. The molecule has 2 rings (SSSR count). The summed E-state index contributed by atoms with van der Waals surface area (Å²) in [5, 5.41) is 6.74. The van der Waals surface area contributed by atoms with Crippen LogP contribution >= 0.6 is 0 Å². The van der Waals surface area contributed by atoms with Crippen molar-refractivity contribution in [1.82, 2.24) is 10.6 Å². The molecule has 0 bridgehead atoms. The molecule has 0 amide bonds. The predicted octanol–water partition coefficient (Wildman–Crippen LogP) is 0.507. The van der Waals surface area contributed by atoms with Crippen LogP contribution in [0.25, 0.3) is 0 Å². The number of nitrogens with one attached hydrogen (secondary N) is 2. The van der Waals surface area contributed by atoms with E-state index in [2.05, 4.69) is 10.6 Å². The van der Waals surface area contributed by atoms with E-state index >= 15 is 0 Å². The minimum atomic E-state index is 0.483. The third-order valence-electron chi connectivity index (χ3n) is 2.92. The van der Waals surface area contributed by atoms with Crippen LogP contribution in [0.4, 0.5) is 0 Å². The van der Waals surface area contributed by atoms with E-state index in [9.17, 15) is 0 Å². The predicted molar refractivity (Wildman–Crippen MR) is 52.9 cm³/mol. The van der Waals surface area contributed by atoms with E-state index in [1.807, 2.05) is 0 Å². The molecule has 0 aromatic rings. The second kappa shape index (κ2) is 4.94. The molecule has 1 unspecified atom stereocenters. The van der Waals surface area contributed by atoms with Gasteiger partial charge in [0.2, 0.25) is 0 Å². The van der Waals surface area contributed by atoms with Crippen LogP contribution in [0, 0.1) is 0 Å². The molecule has 1 atom stereocenters. The number of hydrogen-bond acceptors (Lipinski definition) is 3. The summed E-state index contributed by atoms with van der Waals surface area (Å²) in [6.45, 7) is 4.49. The Morgan fingerprint density at radius 2 is 1.69 bits per heavy atom. The van der Waals surface area contributed by atoms with Gasteiger partial charge >= 0.3 is 0 Å². The first-order chi connectivity index (χ1) is 6.45. The van der Waals surface area contributed by atoms with Crippen molar-refractivity contribution in [2.24, 2.45) is 0 Å². The third kappa shape index (κ3) is 2.93. The Balaban J connectivity index is 1.69. The molecule has 76 valence electrons. The second-order valence-electron chi connectivity index (χ2n) is 4.05. The normalized spacial score (nSPS) is 31.8. The molecule has 0 spiro atoms. The van der Waals surface area contributed by atoms with Crippen molar-refractivity contribution in [3.8, 4) is 0 Å². The highest BCUT2D eigenvalue weighted by Crippen LogP contribution is 2.14. The maximum atomic E-state index is 6.03. The first-order valence-corrected chi connectivity index (χ1v) is 5.52. The average molecular weight is 184 g/mol. The zero-order valence-electron chi connectivity index (χ0n) is 8.22. The molecule has 3 heteroatoms. The molecule has 2 heterocycles. The quantitative estimate of drug-likeness (QED) is 0.656. The smallest absolute Gasteiger partial charge is 0.0703 e. The molecule has 0 aromatic heterocycles. The van der Waals surface area contributed by atoms with Crippen molar-refractivity contribution in [3.63, 3.8) is 0 Å². The monoisotopic (exact) mass is 184 g/mol. The summed E-state index contributed by atoms with van der Waals surface area (Å²) >= 11 is 0. The van der Waals surface area contributed by atoms with Gasteiger partial charge in [-0.15, -0.1) is 0 Å². The summed E-state index contributed by atoms with van der Waals surface area (Å²) in [7, 11) is 0. The van der Waals surface area contributed by atoms with Crippen molar-refractivity contribution >= 4 is 0 Å². The lowest BCUT2D eigenvalue weighted by Gasteiger charge is -2.30. The van der Waals surface area contributed by atoms with Gasteiger partial charge in [-0.05, 0) is 45.3 Å². The SMILES string of the molecule is C1CNCC(OC2CCNCC2)C1. The Hall–Kier alpha value is -0.120. The van der Waals surface area contributed by atoms with E-state index in [1.54, 1.807) is 0 Å². The summed E-state index contributed by atoms with van der Waals surface area (Å²) in [5.41, 5.74) is 0. The number of hydrogen-bond donors (Lipinski definition) is 2. The molecule has 0 aliphatic carbocycles. The fourth-order valence-electron chi connectivity index (χ4n) is 2.14. The van der Waals surface area contributed by atoms with Crippen molar-refractivity contribution in [2.75, 3.05) is 26.2 Å². The van der Waals surface area contributed by atoms with Crippen LogP contribution in [0.1, 0.15) is 25.7 Å². The molecule has 2 aliphatic heterocycles. The standard InChI is InChI=1S/C10H20N2O/c1-2-10(8-12-5-1)13-9-3-6-11-7-4-9/h9-12H,1-8H2. The van der Waals surface area contributed by atoms with Crippen LogP contribution in [-0.4, -0.2) is 38.4 Å². The Bertz CT molecular complexity index is 124. The van der Waals surface area contributed by atoms with Gasteiger partial charge in [0.15, 0.2) is 0 Å². The topological polar surface area (TPSA) is 33.3 Å². The molecule has 0 radical (unpaired) electrons. The molecule has 0 aromatic carbocycles. The summed E-state index contributed by atoms with van der Waals surface area (Å²) in [6.07, 6.45) is 5.91. The van der Waals surface area contributed by atoms with E-state index in [-0.39, 0.29) is 0 Å². The lowest BCUT2D eigenvalue weighted by Crippen LogP contribution is -2.40. The first kappa shape index (κ1) is 9.44. The number of piperidine rings is 2. The third-order valence-corrected chi connectivity index (χ3v) is 2.92. The molecule has 13 heavy (non-hydrogen) atoms. The summed E-state index contributed by atoms with van der Waals surface area (Å²) in [6, 6.07) is 0. The van der Waals surface area contributed by atoms with E-state index in [4.69, 9.17) is 4.74 Å². The Labute approximate surface area is 80.2 Å². The fourth-order valence-corrected chi connectivity index (χ4v) is 2.14. The number of ether oxygens (including phenoxy) is 1. The van der Waals surface area contributed by atoms with Gasteiger partial charge in [0.25, 0.3) is 0 Å². The highest BCUT2D eigenvalue weighted by atomic mass is 16.5. The highest BCUT2D eigenvalue weighted by molar-refractivity contribution is 4.74. The maximum Gasteiger partial charge on any atom is 0.0703 e. The van der Waals surface area contributed by atoms with Crippen molar-refractivity contribution in [2.45, 2.75) is 37.9 Å². The molecular weight excluding hydrogens is 164 g/mol. The van der Waals surface area contributed by atoms with Crippen molar-refractivity contribution in [1.29, 1.82) is 0 Å². The van der Waals surface area contributed by atoms with Gasteiger partial charge in [-0.3, -0.25) is 0 Å². The maximum absolute atomic E-state index is 6.03. The van der Waals surface area contributed by atoms with Crippen LogP contribution in [0.5, 0.6) is 0 Å². The number of rotatable bonds is 2. The molecule has 2 N–H and O–H groups in total. The zero-order valence-corrected chi connectivity index (χ0v) is 8.22. The molecular formula is C10H20N2O. The van der Waals surface area contributed by atoms with Gasteiger partial charge in [-0.25, -0.2) is 0 Å². The van der Waals surface area contributed by atoms with Crippen LogP contribution in [0.15, 0.2) is 0 Å². The van der Waals surface area contributed by atoms with E-state index < -0.39 is 0 Å².